The van der Waals surface area contributed by atoms with Crippen LogP contribution >= 0.6 is 0 Å². The van der Waals surface area contributed by atoms with Crippen LogP contribution in [0.2, 0.25) is 0 Å². The lowest BCUT2D eigenvalue weighted by molar-refractivity contribution is 0.0553. The molecule has 0 N–H and O–H groups in total. The van der Waals surface area contributed by atoms with Crippen LogP contribution < -0.4 is 4.74 Å². The Morgan fingerprint density at radius 3 is 2.70 bits per heavy atom. The smallest absolute Gasteiger partial charge is 0.333 e. The van der Waals surface area contributed by atoms with Crippen molar-refractivity contribution in [1.82, 2.24) is 19.8 Å². The molecule has 1 aromatic carbocycles. The zero-order valence-electron chi connectivity index (χ0n) is 15.8. The van der Waals surface area contributed by atoms with Gasteiger partial charge in [-0.1, -0.05) is 12.1 Å². The third-order valence-electron chi connectivity index (χ3n) is 4.57. The number of methoxy groups -OCH3 is 1. The van der Waals surface area contributed by atoms with Crippen molar-refractivity contribution in [3.05, 3.63) is 65.5 Å². The Labute approximate surface area is 171 Å². The van der Waals surface area contributed by atoms with Crippen molar-refractivity contribution in [2.24, 2.45) is 5.10 Å². The molecule has 1 aliphatic rings. The second kappa shape index (κ2) is 7.82. The summed E-state index contributed by atoms with van der Waals surface area (Å²) < 4.78 is 56.2. The third kappa shape index (κ3) is 3.88. The SMILES string of the molecule is COc1ccc(CN2Cc3ccc(S(=O)(=O)c4ccn(C(F)F)n4)cc3C=N2)cn1. The maximum Gasteiger partial charge on any atom is 0.333 e. The van der Waals surface area contributed by atoms with Crippen LogP contribution in [-0.2, 0) is 22.9 Å². The summed E-state index contributed by atoms with van der Waals surface area (Å²) in [6.45, 7) is -1.90. The number of hydrogen-bond acceptors (Lipinski definition) is 7. The van der Waals surface area contributed by atoms with Crippen LogP contribution in [0.25, 0.3) is 0 Å². The van der Waals surface area contributed by atoms with Crippen molar-refractivity contribution >= 4 is 16.1 Å². The molecule has 30 heavy (non-hydrogen) atoms. The number of aromatic nitrogens is 3. The van der Waals surface area contributed by atoms with Crippen LogP contribution in [0.5, 0.6) is 5.88 Å². The molecule has 156 valence electrons. The van der Waals surface area contributed by atoms with E-state index in [9.17, 15) is 17.2 Å². The minimum atomic E-state index is -4.01. The van der Waals surface area contributed by atoms with E-state index in [1.54, 1.807) is 31.7 Å². The van der Waals surface area contributed by atoms with Crippen molar-refractivity contribution in [3.63, 3.8) is 0 Å². The fourth-order valence-electron chi connectivity index (χ4n) is 3.01. The van der Waals surface area contributed by atoms with Crippen LogP contribution in [0, 0.1) is 0 Å². The number of fused-ring (bicyclic) bond motifs is 1. The fourth-order valence-corrected chi connectivity index (χ4v) is 4.22. The zero-order valence-corrected chi connectivity index (χ0v) is 16.6. The molecule has 0 saturated carbocycles. The van der Waals surface area contributed by atoms with Gasteiger partial charge in [-0.3, -0.25) is 5.01 Å². The summed E-state index contributed by atoms with van der Waals surface area (Å²) >= 11 is 0. The maximum absolute atomic E-state index is 12.7. The number of sulfone groups is 1. The van der Waals surface area contributed by atoms with Crippen LogP contribution in [0.3, 0.4) is 0 Å². The first-order valence-electron chi connectivity index (χ1n) is 8.86. The molecule has 0 amide bonds. The molecular formula is C19H17F2N5O3S. The molecule has 11 heteroatoms. The highest BCUT2D eigenvalue weighted by Crippen LogP contribution is 2.25. The monoisotopic (exact) mass is 433 g/mol. The van der Waals surface area contributed by atoms with Gasteiger partial charge < -0.3 is 4.74 Å². The van der Waals surface area contributed by atoms with Gasteiger partial charge in [-0.2, -0.15) is 19.0 Å². The Kier molecular flexibility index (Phi) is 5.20. The van der Waals surface area contributed by atoms with Crippen molar-refractivity contribution < 1.29 is 21.9 Å². The van der Waals surface area contributed by atoms with E-state index in [-0.39, 0.29) is 4.90 Å². The minimum absolute atomic E-state index is 0.0278. The Bertz CT molecular complexity index is 1190. The lowest BCUT2D eigenvalue weighted by atomic mass is 10.1. The Morgan fingerprint density at radius 1 is 1.20 bits per heavy atom. The average molecular weight is 433 g/mol. The molecule has 0 aliphatic carbocycles. The van der Waals surface area contributed by atoms with E-state index in [1.807, 2.05) is 11.1 Å². The lowest BCUT2D eigenvalue weighted by Gasteiger charge is -2.24. The summed E-state index contributed by atoms with van der Waals surface area (Å²) in [6.07, 6.45) is 4.22. The van der Waals surface area contributed by atoms with E-state index in [0.29, 0.717) is 29.2 Å². The van der Waals surface area contributed by atoms with E-state index in [1.165, 1.54) is 12.1 Å². The van der Waals surface area contributed by atoms with Gasteiger partial charge in [0.15, 0.2) is 5.03 Å². The van der Waals surface area contributed by atoms with E-state index in [0.717, 1.165) is 23.4 Å². The summed E-state index contributed by atoms with van der Waals surface area (Å²) in [7, 11) is -2.47. The number of hydrogen-bond donors (Lipinski definition) is 0. The first-order valence-corrected chi connectivity index (χ1v) is 10.3. The Balaban J connectivity index is 1.53. The maximum atomic E-state index is 12.7. The van der Waals surface area contributed by atoms with Crippen LogP contribution in [0.4, 0.5) is 8.78 Å². The van der Waals surface area contributed by atoms with Gasteiger partial charge in [-0.05, 0) is 29.3 Å². The molecule has 3 aromatic rings. The summed E-state index contributed by atoms with van der Waals surface area (Å²) in [4.78, 5) is 4.14. The summed E-state index contributed by atoms with van der Waals surface area (Å²) in [5.41, 5.74) is 2.49. The van der Waals surface area contributed by atoms with Crippen LogP contribution in [0.15, 0.2) is 63.8 Å². The molecular weight excluding hydrogens is 416 g/mol. The second-order valence-corrected chi connectivity index (χ2v) is 8.45. The molecule has 0 unspecified atom stereocenters. The average Bonchev–Trinajstić information content (AvgIpc) is 3.25. The molecule has 0 bridgehead atoms. The largest absolute Gasteiger partial charge is 0.481 e. The molecule has 0 fully saturated rings. The van der Waals surface area contributed by atoms with E-state index >= 15 is 0 Å². The number of benzene rings is 1. The van der Waals surface area contributed by atoms with Crippen molar-refractivity contribution in [1.29, 1.82) is 0 Å². The van der Waals surface area contributed by atoms with Crippen LogP contribution in [0.1, 0.15) is 23.2 Å². The first-order chi connectivity index (χ1) is 14.4. The normalized spacial score (nSPS) is 13.5. The van der Waals surface area contributed by atoms with Gasteiger partial charge in [0.05, 0.1) is 31.3 Å². The van der Waals surface area contributed by atoms with Crippen molar-refractivity contribution in [2.45, 2.75) is 29.6 Å². The predicted octanol–water partition coefficient (Wildman–Crippen LogP) is 2.86. The topological polar surface area (TPSA) is 89.7 Å². The molecule has 4 rings (SSSR count). The summed E-state index contributed by atoms with van der Waals surface area (Å²) in [5, 5.41) is 9.23. The first kappa shape index (κ1) is 20.0. The summed E-state index contributed by atoms with van der Waals surface area (Å²) in [5.74, 6) is 0.526. The molecule has 0 saturated heterocycles. The number of rotatable bonds is 6. The molecule has 2 aromatic heterocycles. The van der Waals surface area contributed by atoms with E-state index < -0.39 is 21.4 Å². The fraction of sp³-hybridized carbons (Fsp3) is 0.211. The van der Waals surface area contributed by atoms with Gasteiger partial charge in [-0.25, -0.2) is 18.1 Å². The number of halogens is 2. The van der Waals surface area contributed by atoms with Gasteiger partial charge >= 0.3 is 6.55 Å². The van der Waals surface area contributed by atoms with E-state index in [4.69, 9.17) is 4.74 Å². The molecule has 8 nitrogen and oxygen atoms in total. The highest BCUT2D eigenvalue weighted by molar-refractivity contribution is 7.91. The highest BCUT2D eigenvalue weighted by atomic mass is 32.2. The number of alkyl halides is 2. The van der Waals surface area contributed by atoms with Gasteiger partial charge in [0, 0.05) is 24.0 Å². The number of nitrogens with zero attached hydrogens (tertiary/aromatic N) is 5. The van der Waals surface area contributed by atoms with E-state index in [2.05, 4.69) is 15.2 Å². The van der Waals surface area contributed by atoms with Crippen molar-refractivity contribution in [2.75, 3.05) is 7.11 Å². The Hall–Kier alpha value is -3.34. The zero-order chi connectivity index (χ0) is 21.3. The number of hydrazone groups is 1. The van der Waals surface area contributed by atoms with Gasteiger partial charge in [0.2, 0.25) is 15.7 Å². The standard InChI is InChI=1S/C19H17F2N5O3S/c1-29-17-5-2-13(9-22-17)11-25-12-14-3-4-16(8-15(14)10-23-25)30(27,28)18-6-7-26(24-18)19(20)21/h2-10,19H,11-12H2,1H3. The van der Waals surface area contributed by atoms with Gasteiger partial charge in [-0.15, -0.1) is 0 Å². The highest BCUT2D eigenvalue weighted by Gasteiger charge is 2.24. The number of ether oxygens (including phenoxy) is 1. The minimum Gasteiger partial charge on any atom is -0.481 e. The quantitative estimate of drug-likeness (QED) is 0.594. The predicted molar refractivity (Wildman–Crippen MR) is 103 cm³/mol. The second-order valence-electron chi connectivity index (χ2n) is 6.55. The Morgan fingerprint density at radius 2 is 2.03 bits per heavy atom. The molecule has 0 spiro atoms. The van der Waals surface area contributed by atoms with Gasteiger partial charge in [0.25, 0.3) is 0 Å². The third-order valence-corrected chi connectivity index (χ3v) is 6.21. The van der Waals surface area contributed by atoms with Crippen LogP contribution in [-0.4, -0.2) is 41.5 Å². The number of pyridine rings is 1. The molecule has 0 radical (unpaired) electrons. The van der Waals surface area contributed by atoms with Crippen molar-refractivity contribution in [3.8, 4) is 5.88 Å². The molecule has 1 aliphatic heterocycles. The molecule has 3 heterocycles. The van der Waals surface area contributed by atoms with Gasteiger partial charge in [0.1, 0.15) is 0 Å². The molecule has 0 atom stereocenters. The summed E-state index contributed by atoms with van der Waals surface area (Å²) in [6, 6.07) is 9.33. The lowest BCUT2D eigenvalue weighted by Crippen LogP contribution is -2.21.